The van der Waals surface area contributed by atoms with Crippen molar-refractivity contribution in [3.05, 3.63) is 29.8 Å². The third kappa shape index (κ3) is 2.20. The van der Waals surface area contributed by atoms with Crippen LogP contribution in [-0.4, -0.2) is 14.4 Å². The average molecular weight is 220 g/mol. The minimum atomic E-state index is -1.39. The second kappa shape index (κ2) is 5.26. The molecule has 0 atom stereocenters. The Hall–Kier alpha value is -0.893. The average Bonchev–Trinajstić information content (AvgIpc) is 2.33. The van der Waals surface area contributed by atoms with Crippen LogP contribution < -0.4 is 5.19 Å². The zero-order valence-corrected chi connectivity index (χ0v) is 10.9. The molecule has 0 saturated heterocycles. The highest BCUT2D eigenvalue weighted by Gasteiger charge is 2.30. The van der Waals surface area contributed by atoms with Gasteiger partial charge in [-0.05, 0) is 5.19 Å². The standard InChI is InChI=1S/C13H20OSi/c1-4-15(5-2,6-3)13-10-8-7-9-12(13)11-14/h7-11H,4-6H2,1-3H3. The summed E-state index contributed by atoms with van der Waals surface area (Å²) >= 11 is 0. The Labute approximate surface area is 93.5 Å². The smallest absolute Gasteiger partial charge is 0.149 e. The van der Waals surface area contributed by atoms with Crippen molar-refractivity contribution < 1.29 is 4.79 Å². The summed E-state index contributed by atoms with van der Waals surface area (Å²) in [6.07, 6.45) is 1.01. The van der Waals surface area contributed by atoms with Gasteiger partial charge < -0.3 is 0 Å². The SMILES string of the molecule is CC[Si](CC)(CC)c1ccccc1C=O. The summed E-state index contributed by atoms with van der Waals surface area (Å²) in [6.45, 7) is 6.79. The Bertz CT molecular complexity index is 321. The van der Waals surface area contributed by atoms with Gasteiger partial charge in [-0.1, -0.05) is 63.2 Å². The Morgan fingerprint density at radius 1 is 1.07 bits per heavy atom. The van der Waals surface area contributed by atoms with Crippen molar-refractivity contribution >= 4 is 19.5 Å². The van der Waals surface area contributed by atoms with Crippen LogP contribution in [-0.2, 0) is 0 Å². The summed E-state index contributed by atoms with van der Waals surface area (Å²) in [6, 6.07) is 11.8. The molecule has 1 aromatic rings. The van der Waals surface area contributed by atoms with E-state index in [1.165, 1.54) is 23.3 Å². The van der Waals surface area contributed by atoms with Gasteiger partial charge in [-0.25, -0.2) is 0 Å². The van der Waals surface area contributed by atoms with Crippen LogP contribution in [0.4, 0.5) is 0 Å². The van der Waals surface area contributed by atoms with Crippen molar-refractivity contribution in [1.29, 1.82) is 0 Å². The monoisotopic (exact) mass is 220 g/mol. The molecule has 0 radical (unpaired) electrons. The van der Waals surface area contributed by atoms with E-state index in [9.17, 15) is 4.79 Å². The third-order valence-electron chi connectivity index (χ3n) is 3.69. The molecule has 0 spiro atoms. The quantitative estimate of drug-likeness (QED) is 0.550. The van der Waals surface area contributed by atoms with Crippen LogP contribution in [0.5, 0.6) is 0 Å². The fourth-order valence-electron chi connectivity index (χ4n) is 2.40. The molecule has 0 aliphatic carbocycles. The number of rotatable bonds is 5. The lowest BCUT2D eigenvalue weighted by molar-refractivity contribution is 0.112. The van der Waals surface area contributed by atoms with Crippen molar-refractivity contribution in [3.8, 4) is 0 Å². The summed E-state index contributed by atoms with van der Waals surface area (Å²) < 4.78 is 0. The van der Waals surface area contributed by atoms with Gasteiger partial charge in [0.1, 0.15) is 6.29 Å². The van der Waals surface area contributed by atoms with Crippen LogP contribution in [0, 0.1) is 0 Å². The number of carbonyl (C=O) groups excluding carboxylic acids is 1. The Kier molecular flexibility index (Phi) is 4.27. The van der Waals surface area contributed by atoms with Crippen LogP contribution in [0.15, 0.2) is 24.3 Å². The van der Waals surface area contributed by atoms with E-state index in [0.717, 1.165) is 11.8 Å². The molecular weight excluding hydrogens is 200 g/mol. The van der Waals surface area contributed by atoms with Gasteiger partial charge in [0.05, 0.1) is 8.07 Å². The van der Waals surface area contributed by atoms with E-state index in [4.69, 9.17) is 0 Å². The van der Waals surface area contributed by atoms with E-state index < -0.39 is 8.07 Å². The van der Waals surface area contributed by atoms with Gasteiger partial charge in [0.15, 0.2) is 0 Å². The molecule has 0 heterocycles. The Morgan fingerprint density at radius 2 is 1.60 bits per heavy atom. The predicted octanol–water partition coefficient (Wildman–Crippen LogP) is 3.21. The van der Waals surface area contributed by atoms with Crippen molar-refractivity contribution in [2.45, 2.75) is 38.9 Å². The Morgan fingerprint density at radius 3 is 2.07 bits per heavy atom. The molecule has 0 aliphatic heterocycles. The van der Waals surface area contributed by atoms with Crippen molar-refractivity contribution in [3.63, 3.8) is 0 Å². The van der Waals surface area contributed by atoms with Gasteiger partial charge in [-0.3, -0.25) is 4.79 Å². The maximum absolute atomic E-state index is 11.0. The topological polar surface area (TPSA) is 17.1 Å². The van der Waals surface area contributed by atoms with E-state index in [1.54, 1.807) is 0 Å². The molecule has 0 saturated carbocycles. The molecule has 0 fully saturated rings. The molecule has 0 aliphatic rings. The molecule has 15 heavy (non-hydrogen) atoms. The summed E-state index contributed by atoms with van der Waals surface area (Å²) in [7, 11) is -1.39. The lowest BCUT2D eigenvalue weighted by Gasteiger charge is -2.29. The van der Waals surface area contributed by atoms with Crippen LogP contribution >= 0.6 is 0 Å². The molecule has 0 aromatic heterocycles. The van der Waals surface area contributed by atoms with Gasteiger partial charge in [0.2, 0.25) is 0 Å². The number of hydrogen-bond donors (Lipinski definition) is 0. The molecule has 0 unspecified atom stereocenters. The van der Waals surface area contributed by atoms with Crippen molar-refractivity contribution in [2.75, 3.05) is 0 Å². The zero-order valence-electron chi connectivity index (χ0n) is 9.92. The lowest BCUT2D eigenvalue weighted by atomic mass is 10.2. The van der Waals surface area contributed by atoms with Gasteiger partial charge in [0.25, 0.3) is 0 Å². The largest absolute Gasteiger partial charge is 0.298 e. The molecule has 0 N–H and O–H groups in total. The predicted molar refractivity (Wildman–Crippen MR) is 68.7 cm³/mol. The van der Waals surface area contributed by atoms with Crippen LogP contribution in [0.25, 0.3) is 0 Å². The lowest BCUT2D eigenvalue weighted by Crippen LogP contribution is -2.47. The first kappa shape index (κ1) is 12.2. The fourth-order valence-corrected chi connectivity index (χ4v) is 6.25. The molecule has 2 heteroatoms. The fraction of sp³-hybridized carbons (Fsp3) is 0.462. The number of benzene rings is 1. The zero-order chi connectivity index (χ0) is 11.3. The maximum Gasteiger partial charge on any atom is 0.149 e. The van der Waals surface area contributed by atoms with Gasteiger partial charge >= 0.3 is 0 Å². The van der Waals surface area contributed by atoms with Crippen LogP contribution in [0.1, 0.15) is 31.1 Å². The first-order valence-corrected chi connectivity index (χ1v) is 8.41. The van der Waals surface area contributed by atoms with E-state index in [0.29, 0.717) is 0 Å². The minimum absolute atomic E-state index is 0.912. The van der Waals surface area contributed by atoms with E-state index >= 15 is 0 Å². The normalized spacial score (nSPS) is 11.4. The van der Waals surface area contributed by atoms with Gasteiger partial charge in [-0.2, -0.15) is 0 Å². The van der Waals surface area contributed by atoms with Gasteiger partial charge in [-0.15, -0.1) is 0 Å². The second-order valence-corrected chi connectivity index (χ2v) is 9.27. The van der Waals surface area contributed by atoms with Gasteiger partial charge in [0, 0.05) is 5.56 Å². The molecule has 82 valence electrons. The van der Waals surface area contributed by atoms with Crippen LogP contribution in [0.3, 0.4) is 0 Å². The molecule has 1 nitrogen and oxygen atoms in total. The molecule has 0 amide bonds. The highest BCUT2D eigenvalue weighted by atomic mass is 28.3. The summed E-state index contributed by atoms with van der Waals surface area (Å²) in [5.74, 6) is 0. The molecule has 1 rings (SSSR count). The summed E-state index contributed by atoms with van der Waals surface area (Å²) in [5.41, 5.74) is 0.912. The third-order valence-corrected chi connectivity index (χ3v) is 9.35. The number of carbonyl (C=O) groups is 1. The first-order valence-electron chi connectivity index (χ1n) is 5.78. The minimum Gasteiger partial charge on any atom is -0.298 e. The van der Waals surface area contributed by atoms with Crippen LogP contribution in [0.2, 0.25) is 18.1 Å². The summed E-state index contributed by atoms with van der Waals surface area (Å²) in [5, 5.41) is 1.35. The van der Waals surface area contributed by atoms with Crippen molar-refractivity contribution in [2.24, 2.45) is 0 Å². The van der Waals surface area contributed by atoms with Crippen molar-refractivity contribution in [1.82, 2.24) is 0 Å². The van der Waals surface area contributed by atoms with E-state index in [1.807, 2.05) is 12.1 Å². The Balaban J connectivity index is 3.27. The highest BCUT2D eigenvalue weighted by Crippen LogP contribution is 2.21. The summed E-state index contributed by atoms with van der Waals surface area (Å²) in [4.78, 5) is 11.0. The first-order chi connectivity index (χ1) is 7.24. The number of aldehydes is 1. The number of hydrogen-bond acceptors (Lipinski definition) is 1. The molecule has 1 aromatic carbocycles. The maximum atomic E-state index is 11.0. The highest BCUT2D eigenvalue weighted by molar-refractivity contribution is 6.92. The second-order valence-electron chi connectivity index (χ2n) is 4.05. The molecule has 0 bridgehead atoms. The van der Waals surface area contributed by atoms with E-state index in [2.05, 4.69) is 32.9 Å². The van der Waals surface area contributed by atoms with E-state index in [-0.39, 0.29) is 0 Å². The molecular formula is C13H20OSi.